The van der Waals surface area contributed by atoms with Crippen molar-refractivity contribution in [1.82, 2.24) is 15.1 Å². The molecule has 1 saturated heterocycles. The molecule has 1 aliphatic rings. The zero-order valence-electron chi connectivity index (χ0n) is 13.2. The number of nitrogens with zero attached hydrogens (tertiary/aromatic N) is 2. The van der Waals surface area contributed by atoms with Gasteiger partial charge in [0.25, 0.3) is 0 Å². The van der Waals surface area contributed by atoms with Gasteiger partial charge in [0.15, 0.2) is 0 Å². The van der Waals surface area contributed by atoms with Crippen LogP contribution in [0.25, 0.3) is 0 Å². The molecular formula is C17H27N3O. The summed E-state index contributed by atoms with van der Waals surface area (Å²) in [6, 6.07) is 10.7. The van der Waals surface area contributed by atoms with Crippen LogP contribution >= 0.6 is 0 Å². The summed E-state index contributed by atoms with van der Waals surface area (Å²) in [6.07, 6.45) is 1.18. The smallest absolute Gasteiger partial charge is 0.317 e. The molecule has 1 aromatic rings. The zero-order chi connectivity index (χ0) is 15.1. The Bertz CT molecular complexity index is 435. The minimum atomic E-state index is 0.0708. The number of benzene rings is 1. The molecule has 0 saturated carbocycles. The highest BCUT2D eigenvalue weighted by molar-refractivity contribution is 5.74. The number of likely N-dealkylation sites (tertiary alicyclic amines) is 1. The maximum atomic E-state index is 11.9. The van der Waals surface area contributed by atoms with Gasteiger partial charge in [-0.2, -0.15) is 0 Å². The molecule has 21 heavy (non-hydrogen) atoms. The van der Waals surface area contributed by atoms with Crippen molar-refractivity contribution in [1.29, 1.82) is 0 Å². The van der Waals surface area contributed by atoms with Crippen LogP contribution in [0.5, 0.6) is 0 Å². The zero-order valence-corrected chi connectivity index (χ0v) is 13.2. The van der Waals surface area contributed by atoms with Crippen LogP contribution in [0.4, 0.5) is 4.79 Å². The Morgan fingerprint density at radius 1 is 1.33 bits per heavy atom. The van der Waals surface area contributed by atoms with Crippen molar-refractivity contribution in [3.05, 3.63) is 35.9 Å². The minimum absolute atomic E-state index is 0.0708. The second kappa shape index (κ2) is 8.03. The van der Waals surface area contributed by atoms with E-state index in [-0.39, 0.29) is 6.03 Å². The number of hydrogen-bond donors (Lipinski definition) is 1. The van der Waals surface area contributed by atoms with E-state index in [2.05, 4.69) is 40.5 Å². The van der Waals surface area contributed by atoms with Crippen molar-refractivity contribution in [3.63, 3.8) is 0 Å². The van der Waals surface area contributed by atoms with Gasteiger partial charge in [-0.3, -0.25) is 4.90 Å². The van der Waals surface area contributed by atoms with Crippen LogP contribution in [0.15, 0.2) is 30.3 Å². The predicted molar refractivity (Wildman–Crippen MR) is 86.1 cm³/mol. The molecule has 0 aliphatic carbocycles. The van der Waals surface area contributed by atoms with E-state index in [1.807, 2.05) is 18.7 Å². The molecule has 0 bridgehead atoms. The van der Waals surface area contributed by atoms with Gasteiger partial charge in [0.2, 0.25) is 0 Å². The number of carbonyl (C=O) groups is 1. The van der Waals surface area contributed by atoms with Gasteiger partial charge < -0.3 is 10.2 Å². The van der Waals surface area contributed by atoms with Gasteiger partial charge in [-0.15, -0.1) is 0 Å². The van der Waals surface area contributed by atoms with Crippen LogP contribution in [-0.2, 0) is 6.54 Å². The third-order valence-electron chi connectivity index (χ3n) is 4.09. The first-order valence-corrected chi connectivity index (χ1v) is 8.02. The summed E-state index contributed by atoms with van der Waals surface area (Å²) in [5, 5.41) is 2.89. The molecule has 1 aromatic carbocycles. The highest BCUT2D eigenvalue weighted by Crippen LogP contribution is 2.19. The SMILES string of the molecule is CCNC(=O)N(CC)CC1CCN(Cc2ccccc2)C1. The molecule has 4 heteroatoms. The van der Waals surface area contributed by atoms with E-state index in [1.54, 1.807) is 0 Å². The lowest BCUT2D eigenvalue weighted by Gasteiger charge is -2.24. The maximum absolute atomic E-state index is 11.9. The third-order valence-corrected chi connectivity index (χ3v) is 4.09. The van der Waals surface area contributed by atoms with E-state index >= 15 is 0 Å². The first-order chi connectivity index (χ1) is 10.2. The van der Waals surface area contributed by atoms with Gasteiger partial charge in [0, 0.05) is 32.7 Å². The van der Waals surface area contributed by atoms with E-state index in [1.165, 1.54) is 12.0 Å². The van der Waals surface area contributed by atoms with Crippen molar-refractivity contribution in [3.8, 4) is 0 Å². The summed E-state index contributed by atoms with van der Waals surface area (Å²) in [5.41, 5.74) is 1.37. The van der Waals surface area contributed by atoms with E-state index < -0.39 is 0 Å². The second-order valence-corrected chi connectivity index (χ2v) is 5.75. The largest absolute Gasteiger partial charge is 0.338 e. The summed E-state index contributed by atoms with van der Waals surface area (Å²) >= 11 is 0. The Labute approximate surface area is 128 Å². The van der Waals surface area contributed by atoms with Gasteiger partial charge >= 0.3 is 6.03 Å². The Hall–Kier alpha value is -1.55. The van der Waals surface area contributed by atoms with Gasteiger partial charge in [0.05, 0.1) is 0 Å². The normalized spacial score (nSPS) is 18.7. The Morgan fingerprint density at radius 3 is 2.76 bits per heavy atom. The van der Waals surface area contributed by atoms with Crippen molar-refractivity contribution < 1.29 is 4.79 Å². The lowest BCUT2D eigenvalue weighted by molar-refractivity contribution is 0.190. The summed E-state index contributed by atoms with van der Waals surface area (Å²) in [7, 11) is 0. The lowest BCUT2D eigenvalue weighted by Crippen LogP contribution is -2.42. The van der Waals surface area contributed by atoms with Gasteiger partial charge in [-0.1, -0.05) is 30.3 Å². The molecule has 116 valence electrons. The third kappa shape index (κ3) is 4.74. The number of amides is 2. The number of urea groups is 1. The van der Waals surface area contributed by atoms with Crippen LogP contribution in [0, 0.1) is 5.92 Å². The van der Waals surface area contributed by atoms with Crippen molar-refractivity contribution in [2.24, 2.45) is 5.92 Å². The molecule has 0 radical (unpaired) electrons. The van der Waals surface area contributed by atoms with Gasteiger partial charge in [-0.05, 0) is 38.3 Å². The van der Waals surface area contributed by atoms with E-state index in [0.29, 0.717) is 12.5 Å². The first-order valence-electron chi connectivity index (χ1n) is 8.02. The summed E-state index contributed by atoms with van der Waals surface area (Å²) < 4.78 is 0. The standard InChI is InChI=1S/C17H27N3O/c1-3-18-17(21)20(4-2)14-16-10-11-19(13-16)12-15-8-6-5-7-9-15/h5-9,16H,3-4,10-14H2,1-2H3,(H,18,21). The topological polar surface area (TPSA) is 35.6 Å². The van der Waals surface area contributed by atoms with Gasteiger partial charge in [0.1, 0.15) is 0 Å². The van der Waals surface area contributed by atoms with E-state index in [9.17, 15) is 4.79 Å². The molecule has 1 atom stereocenters. The average Bonchev–Trinajstić information content (AvgIpc) is 2.93. The second-order valence-electron chi connectivity index (χ2n) is 5.75. The molecule has 1 aliphatic heterocycles. The monoisotopic (exact) mass is 289 g/mol. The Morgan fingerprint density at radius 2 is 2.10 bits per heavy atom. The average molecular weight is 289 g/mol. The predicted octanol–water partition coefficient (Wildman–Crippen LogP) is 2.56. The molecule has 0 aromatic heterocycles. The van der Waals surface area contributed by atoms with Crippen LogP contribution in [0.2, 0.25) is 0 Å². The number of rotatable bonds is 6. The molecule has 0 spiro atoms. The van der Waals surface area contributed by atoms with Crippen LogP contribution < -0.4 is 5.32 Å². The molecule has 2 amide bonds. The molecule has 4 nitrogen and oxygen atoms in total. The van der Waals surface area contributed by atoms with Crippen molar-refractivity contribution >= 4 is 6.03 Å². The number of carbonyl (C=O) groups excluding carboxylic acids is 1. The van der Waals surface area contributed by atoms with E-state index in [0.717, 1.165) is 32.7 Å². The molecule has 1 unspecified atom stereocenters. The maximum Gasteiger partial charge on any atom is 0.317 e. The summed E-state index contributed by atoms with van der Waals surface area (Å²) in [6.45, 7) is 9.59. The van der Waals surface area contributed by atoms with Crippen molar-refractivity contribution in [2.75, 3.05) is 32.7 Å². The highest BCUT2D eigenvalue weighted by atomic mass is 16.2. The molecule has 1 N–H and O–H groups in total. The first kappa shape index (κ1) is 15.8. The summed E-state index contributed by atoms with van der Waals surface area (Å²) in [5.74, 6) is 0.594. The fraction of sp³-hybridized carbons (Fsp3) is 0.588. The van der Waals surface area contributed by atoms with Crippen molar-refractivity contribution in [2.45, 2.75) is 26.8 Å². The highest BCUT2D eigenvalue weighted by Gasteiger charge is 2.25. The van der Waals surface area contributed by atoms with E-state index in [4.69, 9.17) is 0 Å². The fourth-order valence-corrected chi connectivity index (χ4v) is 2.98. The minimum Gasteiger partial charge on any atom is -0.338 e. The molecule has 2 rings (SSSR count). The number of hydrogen-bond acceptors (Lipinski definition) is 2. The van der Waals surface area contributed by atoms with Crippen LogP contribution in [0.3, 0.4) is 0 Å². The lowest BCUT2D eigenvalue weighted by atomic mass is 10.1. The summed E-state index contributed by atoms with van der Waals surface area (Å²) in [4.78, 5) is 16.4. The van der Waals surface area contributed by atoms with Crippen LogP contribution in [0.1, 0.15) is 25.8 Å². The molecule has 1 heterocycles. The Balaban J connectivity index is 1.80. The van der Waals surface area contributed by atoms with Gasteiger partial charge in [-0.25, -0.2) is 4.79 Å². The van der Waals surface area contributed by atoms with Crippen LogP contribution in [-0.4, -0.2) is 48.6 Å². The fourth-order valence-electron chi connectivity index (χ4n) is 2.98. The quantitative estimate of drug-likeness (QED) is 0.873. The number of nitrogens with one attached hydrogen (secondary N) is 1. The molecule has 1 fully saturated rings. The Kier molecular flexibility index (Phi) is 6.05. The molecular weight excluding hydrogens is 262 g/mol.